The molecule has 0 aromatic heterocycles. The Morgan fingerprint density at radius 2 is 1.96 bits per heavy atom. The summed E-state index contributed by atoms with van der Waals surface area (Å²) < 4.78 is 34.5. The van der Waals surface area contributed by atoms with E-state index in [2.05, 4.69) is 10.1 Å². The second kappa shape index (κ2) is 8.20. The summed E-state index contributed by atoms with van der Waals surface area (Å²) in [6.07, 6.45) is 5.09. The lowest BCUT2D eigenvalue weighted by Gasteiger charge is -2.43. The predicted molar refractivity (Wildman–Crippen MR) is 93.0 cm³/mol. The third-order valence-electron chi connectivity index (χ3n) is 5.69. The molecule has 2 bridgehead atoms. The number of carbonyl (C=O) groups excluding carboxylic acids is 1. The first-order chi connectivity index (χ1) is 12.5. The molecular weight excluding hydrogens is 342 g/mol. The minimum Gasteiger partial charge on any atom is -0.493 e. The van der Waals surface area contributed by atoms with Crippen LogP contribution >= 0.6 is 0 Å². The highest BCUT2D eigenvalue weighted by Crippen LogP contribution is 2.42. The summed E-state index contributed by atoms with van der Waals surface area (Å²) in [6, 6.07) is 4.98. The quantitative estimate of drug-likeness (QED) is 0.809. The standard InChI is InChI=1S/C19H26F2N2O3/c1-25-15-6-5-11(7-16(15)26-19(20)21)10-23-18(24)14-8-12-3-2-4-13(9-14)17(12)22/h5-7,12-14,17,19H,2-4,8-10,22H2,1H3,(H,23,24). The number of nitrogens with one attached hydrogen (secondary N) is 1. The van der Waals surface area contributed by atoms with Crippen LogP contribution in [0.4, 0.5) is 8.78 Å². The largest absolute Gasteiger partial charge is 0.493 e. The molecule has 1 aromatic rings. The van der Waals surface area contributed by atoms with Crippen molar-refractivity contribution in [2.45, 2.75) is 51.3 Å². The molecule has 1 aromatic carbocycles. The van der Waals surface area contributed by atoms with E-state index in [1.54, 1.807) is 12.1 Å². The molecule has 0 heterocycles. The number of methoxy groups -OCH3 is 1. The van der Waals surface area contributed by atoms with E-state index in [4.69, 9.17) is 10.5 Å². The molecule has 3 rings (SSSR count). The van der Waals surface area contributed by atoms with Crippen LogP contribution in [0.1, 0.15) is 37.7 Å². The Balaban J connectivity index is 1.59. The van der Waals surface area contributed by atoms with Gasteiger partial charge in [-0.25, -0.2) is 0 Å². The molecule has 2 aliphatic carbocycles. The fourth-order valence-corrected chi connectivity index (χ4v) is 4.36. The number of fused-ring (bicyclic) bond motifs is 2. The van der Waals surface area contributed by atoms with Gasteiger partial charge in [-0.1, -0.05) is 12.5 Å². The summed E-state index contributed by atoms with van der Waals surface area (Å²) >= 11 is 0. The van der Waals surface area contributed by atoms with Crippen LogP contribution in [0.15, 0.2) is 18.2 Å². The lowest BCUT2D eigenvalue weighted by Crippen LogP contribution is -2.49. The van der Waals surface area contributed by atoms with E-state index in [0.717, 1.165) is 25.7 Å². The Hall–Kier alpha value is -1.89. The van der Waals surface area contributed by atoms with Crippen molar-refractivity contribution in [3.05, 3.63) is 23.8 Å². The summed E-state index contributed by atoms with van der Waals surface area (Å²) in [5.74, 6) is 1.07. The fourth-order valence-electron chi connectivity index (χ4n) is 4.36. The number of hydrogen-bond donors (Lipinski definition) is 2. The molecule has 144 valence electrons. The van der Waals surface area contributed by atoms with Crippen molar-refractivity contribution in [3.63, 3.8) is 0 Å². The smallest absolute Gasteiger partial charge is 0.387 e. The van der Waals surface area contributed by atoms with E-state index in [9.17, 15) is 13.6 Å². The van der Waals surface area contributed by atoms with Crippen molar-refractivity contribution in [1.29, 1.82) is 0 Å². The van der Waals surface area contributed by atoms with Gasteiger partial charge in [-0.2, -0.15) is 8.78 Å². The third-order valence-corrected chi connectivity index (χ3v) is 5.69. The van der Waals surface area contributed by atoms with Crippen LogP contribution in [-0.4, -0.2) is 25.7 Å². The molecule has 0 saturated heterocycles. The van der Waals surface area contributed by atoms with Crippen LogP contribution in [0.5, 0.6) is 11.5 Å². The molecule has 3 N–H and O–H groups in total. The Bertz CT molecular complexity index is 627. The van der Waals surface area contributed by atoms with Gasteiger partial charge in [0.1, 0.15) is 0 Å². The number of hydrogen-bond acceptors (Lipinski definition) is 4. The number of ether oxygens (including phenoxy) is 2. The lowest BCUT2D eigenvalue weighted by atomic mass is 9.65. The van der Waals surface area contributed by atoms with E-state index >= 15 is 0 Å². The molecule has 7 heteroatoms. The lowest BCUT2D eigenvalue weighted by molar-refractivity contribution is -0.128. The normalized spacial score (nSPS) is 27.9. The Labute approximate surface area is 152 Å². The summed E-state index contributed by atoms with van der Waals surface area (Å²) in [4.78, 5) is 12.6. The van der Waals surface area contributed by atoms with Crippen molar-refractivity contribution in [3.8, 4) is 11.5 Å². The molecule has 2 atom stereocenters. The van der Waals surface area contributed by atoms with E-state index in [-0.39, 0.29) is 35.9 Å². The molecule has 26 heavy (non-hydrogen) atoms. The highest BCUT2D eigenvalue weighted by Gasteiger charge is 2.40. The molecular formula is C19H26F2N2O3. The molecule has 5 nitrogen and oxygen atoms in total. The average molecular weight is 368 g/mol. The molecule has 0 radical (unpaired) electrons. The number of carbonyl (C=O) groups is 1. The van der Waals surface area contributed by atoms with Gasteiger partial charge in [-0.3, -0.25) is 4.79 Å². The van der Waals surface area contributed by atoms with Gasteiger partial charge in [0.05, 0.1) is 7.11 Å². The minimum atomic E-state index is -2.93. The number of nitrogens with two attached hydrogens (primary N) is 1. The van der Waals surface area contributed by atoms with Gasteiger partial charge < -0.3 is 20.5 Å². The van der Waals surface area contributed by atoms with Crippen LogP contribution in [0.25, 0.3) is 0 Å². The number of amides is 1. The predicted octanol–water partition coefficient (Wildman–Crippen LogP) is 3.07. The molecule has 2 aliphatic rings. The van der Waals surface area contributed by atoms with Crippen LogP contribution < -0.4 is 20.5 Å². The maximum Gasteiger partial charge on any atom is 0.387 e. The van der Waals surface area contributed by atoms with E-state index < -0.39 is 6.61 Å². The van der Waals surface area contributed by atoms with Gasteiger partial charge in [0.2, 0.25) is 5.91 Å². The maximum absolute atomic E-state index is 12.6. The van der Waals surface area contributed by atoms with Crippen molar-refractivity contribution >= 4 is 5.91 Å². The Kier molecular flexibility index (Phi) is 5.96. The molecule has 2 saturated carbocycles. The highest BCUT2D eigenvalue weighted by atomic mass is 19.3. The van der Waals surface area contributed by atoms with Gasteiger partial charge in [0.15, 0.2) is 11.5 Å². The Morgan fingerprint density at radius 1 is 1.27 bits per heavy atom. The number of benzene rings is 1. The number of rotatable bonds is 6. The first kappa shape index (κ1) is 18.9. The molecule has 1 amide bonds. The maximum atomic E-state index is 12.6. The topological polar surface area (TPSA) is 73.6 Å². The summed E-state index contributed by atoms with van der Waals surface area (Å²) in [5, 5.41) is 2.93. The molecule has 2 unspecified atom stereocenters. The van der Waals surface area contributed by atoms with Gasteiger partial charge in [0, 0.05) is 18.5 Å². The second-order valence-electron chi connectivity index (χ2n) is 7.28. The van der Waals surface area contributed by atoms with Crippen LogP contribution in [0.3, 0.4) is 0 Å². The second-order valence-corrected chi connectivity index (χ2v) is 7.28. The summed E-state index contributed by atoms with van der Waals surface area (Å²) in [5.41, 5.74) is 6.96. The van der Waals surface area contributed by atoms with E-state index in [1.807, 2.05) is 0 Å². The number of alkyl halides is 2. The SMILES string of the molecule is COc1ccc(CNC(=O)C2CC3CCCC(C2)C3N)cc1OC(F)F. The zero-order chi connectivity index (χ0) is 18.7. The van der Waals surface area contributed by atoms with Gasteiger partial charge in [-0.15, -0.1) is 0 Å². The third kappa shape index (κ3) is 4.26. The summed E-state index contributed by atoms with van der Waals surface area (Å²) in [6.45, 7) is -2.67. The van der Waals surface area contributed by atoms with E-state index in [0.29, 0.717) is 17.4 Å². The first-order valence-corrected chi connectivity index (χ1v) is 9.13. The molecule has 2 fully saturated rings. The molecule has 0 spiro atoms. The zero-order valence-electron chi connectivity index (χ0n) is 14.9. The van der Waals surface area contributed by atoms with Crippen molar-refractivity contribution in [2.24, 2.45) is 23.5 Å². The van der Waals surface area contributed by atoms with Gasteiger partial charge in [0.25, 0.3) is 0 Å². The first-order valence-electron chi connectivity index (χ1n) is 9.13. The van der Waals surface area contributed by atoms with Crippen molar-refractivity contribution in [1.82, 2.24) is 5.32 Å². The fraction of sp³-hybridized carbons (Fsp3) is 0.632. The highest BCUT2D eigenvalue weighted by molar-refractivity contribution is 5.78. The van der Waals surface area contributed by atoms with Crippen LogP contribution in [0.2, 0.25) is 0 Å². The van der Waals surface area contributed by atoms with Crippen LogP contribution in [0, 0.1) is 17.8 Å². The zero-order valence-corrected chi connectivity index (χ0v) is 14.9. The Morgan fingerprint density at radius 3 is 2.58 bits per heavy atom. The average Bonchev–Trinajstić information content (AvgIpc) is 2.59. The summed E-state index contributed by atoms with van der Waals surface area (Å²) in [7, 11) is 1.39. The van der Waals surface area contributed by atoms with E-state index in [1.165, 1.54) is 19.6 Å². The number of halogens is 2. The van der Waals surface area contributed by atoms with Gasteiger partial charge in [-0.05, 0) is 55.2 Å². The van der Waals surface area contributed by atoms with Crippen molar-refractivity contribution in [2.75, 3.05) is 7.11 Å². The monoisotopic (exact) mass is 368 g/mol. The minimum absolute atomic E-state index is 0.0138. The van der Waals surface area contributed by atoms with Gasteiger partial charge >= 0.3 is 6.61 Å². The molecule has 0 aliphatic heterocycles. The van der Waals surface area contributed by atoms with Crippen molar-refractivity contribution < 1.29 is 23.0 Å². The van der Waals surface area contributed by atoms with Crippen LogP contribution in [-0.2, 0) is 11.3 Å².